The minimum atomic E-state index is -1.17. The molecule has 0 N–H and O–H groups in total. The standard InChI is InChI=1S/C6H12O2S/c1-4-5-9(7)8-6(2)3/h4,6H,1,5H2,2-3H3. The molecule has 0 radical (unpaired) electrons. The third-order valence-electron chi connectivity index (χ3n) is 0.554. The van der Waals surface area contributed by atoms with Crippen LogP contribution in [0, 0.1) is 0 Å². The van der Waals surface area contributed by atoms with Crippen LogP contribution in [0.4, 0.5) is 0 Å². The van der Waals surface area contributed by atoms with E-state index in [-0.39, 0.29) is 6.10 Å². The van der Waals surface area contributed by atoms with Crippen molar-refractivity contribution in [1.29, 1.82) is 0 Å². The van der Waals surface area contributed by atoms with E-state index in [4.69, 9.17) is 4.18 Å². The summed E-state index contributed by atoms with van der Waals surface area (Å²) in [6, 6.07) is 0. The predicted octanol–water partition coefficient (Wildman–Crippen LogP) is 1.26. The summed E-state index contributed by atoms with van der Waals surface area (Å²) in [5, 5.41) is 0. The molecule has 0 aromatic carbocycles. The van der Waals surface area contributed by atoms with Gasteiger partial charge in [-0.2, -0.15) is 0 Å². The van der Waals surface area contributed by atoms with Gasteiger partial charge in [0.1, 0.15) is 0 Å². The van der Waals surface area contributed by atoms with Gasteiger partial charge in [-0.3, -0.25) is 4.18 Å². The minimum absolute atomic E-state index is 0.0331. The topological polar surface area (TPSA) is 26.3 Å². The van der Waals surface area contributed by atoms with Gasteiger partial charge in [0.15, 0.2) is 11.1 Å². The minimum Gasteiger partial charge on any atom is -0.288 e. The first kappa shape index (κ1) is 8.85. The van der Waals surface area contributed by atoms with Crippen molar-refractivity contribution in [3.63, 3.8) is 0 Å². The lowest BCUT2D eigenvalue weighted by Gasteiger charge is -2.02. The maximum atomic E-state index is 10.7. The molecule has 1 atom stereocenters. The van der Waals surface area contributed by atoms with Gasteiger partial charge in [0.05, 0.1) is 11.9 Å². The van der Waals surface area contributed by atoms with Crippen molar-refractivity contribution in [2.24, 2.45) is 0 Å². The Balaban J connectivity index is 3.38. The fourth-order valence-electron chi connectivity index (χ4n) is 0.350. The van der Waals surface area contributed by atoms with Gasteiger partial charge >= 0.3 is 0 Å². The molecule has 3 heteroatoms. The largest absolute Gasteiger partial charge is 0.288 e. The smallest absolute Gasteiger partial charge is 0.159 e. The first-order valence-electron chi connectivity index (χ1n) is 2.83. The second-order valence-corrected chi connectivity index (χ2v) is 3.04. The molecule has 0 spiro atoms. The highest BCUT2D eigenvalue weighted by Crippen LogP contribution is 1.93. The zero-order chi connectivity index (χ0) is 7.28. The number of rotatable bonds is 4. The van der Waals surface area contributed by atoms with E-state index in [2.05, 4.69) is 6.58 Å². The summed E-state index contributed by atoms with van der Waals surface area (Å²) >= 11 is -1.17. The van der Waals surface area contributed by atoms with Crippen LogP contribution in [0.1, 0.15) is 13.8 Å². The summed E-state index contributed by atoms with van der Waals surface area (Å²) in [5.74, 6) is 0.415. The highest BCUT2D eigenvalue weighted by Gasteiger charge is 1.98. The maximum Gasteiger partial charge on any atom is 0.159 e. The normalized spacial score (nSPS) is 13.7. The van der Waals surface area contributed by atoms with Gasteiger partial charge in [-0.1, -0.05) is 6.08 Å². The average Bonchev–Trinajstić information content (AvgIpc) is 1.63. The monoisotopic (exact) mass is 148 g/mol. The van der Waals surface area contributed by atoms with Gasteiger partial charge in [0, 0.05) is 0 Å². The van der Waals surface area contributed by atoms with Crippen LogP contribution < -0.4 is 0 Å². The van der Waals surface area contributed by atoms with Crippen molar-refractivity contribution in [1.82, 2.24) is 0 Å². The predicted molar refractivity (Wildman–Crippen MR) is 39.4 cm³/mol. The van der Waals surface area contributed by atoms with Crippen molar-refractivity contribution in [3.8, 4) is 0 Å². The molecule has 0 aliphatic carbocycles. The van der Waals surface area contributed by atoms with E-state index in [1.54, 1.807) is 6.08 Å². The van der Waals surface area contributed by atoms with Crippen LogP contribution in [0.2, 0.25) is 0 Å². The van der Waals surface area contributed by atoms with Crippen LogP contribution >= 0.6 is 0 Å². The molecule has 0 heterocycles. The van der Waals surface area contributed by atoms with Crippen molar-refractivity contribution in [3.05, 3.63) is 12.7 Å². The van der Waals surface area contributed by atoms with E-state index >= 15 is 0 Å². The fourth-order valence-corrected chi connectivity index (χ4v) is 1.05. The molecule has 0 saturated carbocycles. The van der Waals surface area contributed by atoms with Crippen LogP contribution in [-0.4, -0.2) is 16.1 Å². The first-order chi connectivity index (χ1) is 4.16. The second-order valence-electron chi connectivity index (χ2n) is 1.90. The molecule has 54 valence electrons. The molecule has 0 aliphatic rings. The number of hydrogen-bond acceptors (Lipinski definition) is 2. The van der Waals surface area contributed by atoms with E-state index in [9.17, 15) is 4.21 Å². The first-order valence-corrected chi connectivity index (χ1v) is 4.07. The summed E-state index contributed by atoms with van der Waals surface area (Å²) < 4.78 is 15.6. The Morgan fingerprint density at radius 3 is 2.67 bits per heavy atom. The van der Waals surface area contributed by atoms with Gasteiger partial charge in [0.2, 0.25) is 0 Å². The van der Waals surface area contributed by atoms with E-state index in [1.165, 1.54) is 0 Å². The lowest BCUT2D eigenvalue weighted by atomic mass is 10.5. The molecule has 0 fully saturated rings. The summed E-state index contributed by atoms with van der Waals surface area (Å²) in [5.41, 5.74) is 0. The lowest BCUT2D eigenvalue weighted by Crippen LogP contribution is -2.07. The third kappa shape index (κ3) is 5.73. The quantitative estimate of drug-likeness (QED) is 0.561. The molecule has 0 bridgehead atoms. The SMILES string of the molecule is C=CCS(=O)OC(C)C. The summed E-state index contributed by atoms with van der Waals surface area (Å²) in [7, 11) is 0. The van der Waals surface area contributed by atoms with Gasteiger partial charge < -0.3 is 0 Å². The third-order valence-corrected chi connectivity index (χ3v) is 1.66. The van der Waals surface area contributed by atoms with Gasteiger partial charge in [-0.05, 0) is 13.8 Å². The van der Waals surface area contributed by atoms with Gasteiger partial charge in [-0.25, -0.2) is 4.21 Å². The Kier molecular flexibility index (Phi) is 4.62. The van der Waals surface area contributed by atoms with Crippen LogP contribution in [0.25, 0.3) is 0 Å². The zero-order valence-corrected chi connectivity index (χ0v) is 6.61. The van der Waals surface area contributed by atoms with E-state index in [0.717, 1.165) is 0 Å². The summed E-state index contributed by atoms with van der Waals surface area (Å²) in [6.45, 7) is 7.13. The molecule has 0 rings (SSSR count). The summed E-state index contributed by atoms with van der Waals surface area (Å²) in [4.78, 5) is 0. The maximum absolute atomic E-state index is 10.7. The molecule has 9 heavy (non-hydrogen) atoms. The molecule has 0 aromatic rings. The zero-order valence-electron chi connectivity index (χ0n) is 5.79. The molecular weight excluding hydrogens is 136 g/mol. The van der Waals surface area contributed by atoms with Crippen LogP contribution in [0.3, 0.4) is 0 Å². The van der Waals surface area contributed by atoms with E-state index in [1.807, 2.05) is 13.8 Å². The Bertz CT molecular complexity index is 110. The Morgan fingerprint density at radius 2 is 2.33 bits per heavy atom. The molecular formula is C6H12O2S. The van der Waals surface area contributed by atoms with E-state index < -0.39 is 11.1 Å². The molecule has 0 amide bonds. The van der Waals surface area contributed by atoms with Crippen molar-refractivity contribution in [2.45, 2.75) is 20.0 Å². The van der Waals surface area contributed by atoms with Gasteiger partial charge in [-0.15, -0.1) is 6.58 Å². The highest BCUT2D eigenvalue weighted by atomic mass is 32.2. The molecule has 0 aliphatic heterocycles. The van der Waals surface area contributed by atoms with Crippen molar-refractivity contribution in [2.75, 3.05) is 5.75 Å². The Labute approximate surface area is 58.6 Å². The molecule has 1 unspecified atom stereocenters. The van der Waals surface area contributed by atoms with Gasteiger partial charge in [0.25, 0.3) is 0 Å². The average molecular weight is 148 g/mol. The fraction of sp³-hybridized carbons (Fsp3) is 0.667. The molecule has 2 nitrogen and oxygen atoms in total. The van der Waals surface area contributed by atoms with Crippen molar-refractivity contribution >= 4 is 11.1 Å². The molecule has 0 saturated heterocycles. The Morgan fingerprint density at radius 1 is 1.78 bits per heavy atom. The second kappa shape index (κ2) is 4.70. The number of hydrogen-bond donors (Lipinski definition) is 0. The highest BCUT2D eigenvalue weighted by molar-refractivity contribution is 7.80. The van der Waals surface area contributed by atoms with Crippen molar-refractivity contribution < 1.29 is 8.39 Å². The molecule has 0 aromatic heterocycles. The van der Waals surface area contributed by atoms with E-state index in [0.29, 0.717) is 5.75 Å². The van der Waals surface area contributed by atoms with Crippen LogP contribution in [0.5, 0.6) is 0 Å². The van der Waals surface area contributed by atoms with Crippen LogP contribution in [0.15, 0.2) is 12.7 Å². The van der Waals surface area contributed by atoms with Crippen LogP contribution in [-0.2, 0) is 15.3 Å². The summed E-state index contributed by atoms with van der Waals surface area (Å²) in [6.07, 6.45) is 1.61. The Hall–Kier alpha value is -0.150. The lowest BCUT2D eigenvalue weighted by molar-refractivity contribution is 0.271.